The number of nitrogens with zero attached hydrogens (tertiary/aromatic N) is 4. The second kappa shape index (κ2) is 10.7. The largest absolute Gasteiger partial charge is 0.378 e. The Kier molecular flexibility index (Phi) is 7.61. The number of ether oxygens (including phenoxy) is 1. The number of carbonyl (C=O) groups excluding carboxylic acids is 1. The number of aromatic nitrogens is 3. The minimum Gasteiger partial charge on any atom is -0.378 e. The summed E-state index contributed by atoms with van der Waals surface area (Å²) in [5.41, 5.74) is 3.70. The van der Waals surface area contributed by atoms with Gasteiger partial charge < -0.3 is 15.0 Å². The van der Waals surface area contributed by atoms with E-state index in [9.17, 15) is 13.6 Å². The number of alkyl halides is 2. The van der Waals surface area contributed by atoms with E-state index in [4.69, 9.17) is 4.74 Å². The number of thioether (sulfide) groups is 1. The summed E-state index contributed by atoms with van der Waals surface area (Å²) in [5, 5.41) is 12.5. The van der Waals surface area contributed by atoms with E-state index in [1.54, 1.807) is 6.07 Å². The maximum atomic E-state index is 14.0. The van der Waals surface area contributed by atoms with Gasteiger partial charge in [-0.15, -0.1) is 22.0 Å². The highest BCUT2D eigenvalue weighted by Gasteiger charge is 2.31. The number of hydrogen-bond acceptors (Lipinski definition) is 7. The Balaban J connectivity index is 1.61. The van der Waals surface area contributed by atoms with Crippen molar-refractivity contribution in [3.8, 4) is 11.3 Å². The van der Waals surface area contributed by atoms with Gasteiger partial charge in [-0.3, -0.25) is 9.78 Å². The van der Waals surface area contributed by atoms with Crippen LogP contribution in [0.3, 0.4) is 0 Å². The molecule has 0 saturated carbocycles. The van der Waals surface area contributed by atoms with E-state index in [1.165, 1.54) is 30.9 Å². The molecule has 1 fully saturated rings. The lowest BCUT2D eigenvalue weighted by molar-refractivity contribution is -0.0128. The third-order valence-corrected chi connectivity index (χ3v) is 6.58. The molecule has 3 aromatic rings. The molecule has 35 heavy (non-hydrogen) atoms. The molecule has 0 unspecified atom stereocenters. The minimum absolute atomic E-state index is 0.115. The van der Waals surface area contributed by atoms with E-state index >= 15 is 0 Å². The summed E-state index contributed by atoms with van der Waals surface area (Å²) in [6.07, 6.45) is 2.80. The number of benzene rings is 1. The van der Waals surface area contributed by atoms with Crippen LogP contribution in [0.1, 0.15) is 35.0 Å². The van der Waals surface area contributed by atoms with Crippen molar-refractivity contribution in [1.82, 2.24) is 15.2 Å². The lowest BCUT2D eigenvalue weighted by atomic mass is 10.0. The first-order chi connectivity index (χ1) is 16.8. The molecule has 2 aromatic heterocycles. The van der Waals surface area contributed by atoms with Crippen LogP contribution in [-0.2, 0) is 10.7 Å². The zero-order chi connectivity index (χ0) is 25.0. The zero-order valence-corrected chi connectivity index (χ0v) is 20.7. The van der Waals surface area contributed by atoms with Crippen molar-refractivity contribution in [2.45, 2.75) is 31.2 Å². The number of hydrogen-bond donors (Lipinski definition) is 1. The fourth-order valence-electron chi connectivity index (χ4n) is 3.81. The van der Waals surface area contributed by atoms with Crippen molar-refractivity contribution in [3.05, 3.63) is 59.4 Å². The molecule has 1 aromatic carbocycles. The normalized spacial score (nSPS) is 14.1. The maximum absolute atomic E-state index is 14.0. The van der Waals surface area contributed by atoms with E-state index in [-0.39, 0.29) is 5.56 Å². The van der Waals surface area contributed by atoms with Gasteiger partial charge in [0.05, 0.1) is 24.6 Å². The summed E-state index contributed by atoms with van der Waals surface area (Å²) < 4.78 is 33.6. The molecule has 1 amide bonds. The number of nitrogens with one attached hydrogen (secondary N) is 1. The smallest absolute Gasteiger partial charge is 0.289 e. The first-order valence-electron chi connectivity index (χ1n) is 11.3. The maximum Gasteiger partial charge on any atom is 0.289 e. The third kappa shape index (κ3) is 5.59. The highest BCUT2D eigenvalue weighted by Crippen LogP contribution is 2.33. The topological polar surface area (TPSA) is 80.2 Å². The van der Waals surface area contributed by atoms with Gasteiger partial charge in [0.15, 0.2) is 0 Å². The third-order valence-electron chi connectivity index (χ3n) is 5.90. The van der Waals surface area contributed by atoms with Crippen molar-refractivity contribution in [2.24, 2.45) is 0 Å². The van der Waals surface area contributed by atoms with Gasteiger partial charge in [0.1, 0.15) is 10.7 Å². The molecule has 0 aliphatic carbocycles. The summed E-state index contributed by atoms with van der Waals surface area (Å²) >= 11 is 1.54. The molecule has 0 bridgehead atoms. The summed E-state index contributed by atoms with van der Waals surface area (Å²) in [5.74, 6) is -3.58. The van der Waals surface area contributed by atoms with E-state index in [0.29, 0.717) is 24.6 Å². The SMILES string of the molecule is CCC(F)(F)c1cc(C(=O)Nc2ccc(C)c(-c3cc(N4CCOCC4)c(SC)nn3)c2)ccn1. The van der Waals surface area contributed by atoms with Crippen LogP contribution in [0.4, 0.5) is 20.2 Å². The zero-order valence-electron chi connectivity index (χ0n) is 19.8. The predicted octanol–water partition coefficient (Wildman–Crippen LogP) is 5.16. The van der Waals surface area contributed by atoms with Gasteiger partial charge in [-0.1, -0.05) is 13.0 Å². The van der Waals surface area contributed by atoms with Crippen LogP contribution in [0.2, 0.25) is 0 Å². The van der Waals surface area contributed by atoms with Crippen molar-refractivity contribution >= 4 is 29.0 Å². The summed E-state index contributed by atoms with van der Waals surface area (Å²) in [6, 6.07) is 10.0. The van der Waals surface area contributed by atoms with Gasteiger partial charge in [0.25, 0.3) is 11.8 Å². The molecule has 1 N–H and O–H groups in total. The predicted molar refractivity (Wildman–Crippen MR) is 133 cm³/mol. The molecule has 184 valence electrons. The fraction of sp³-hybridized carbons (Fsp3) is 0.360. The van der Waals surface area contributed by atoms with E-state index in [1.807, 2.05) is 31.4 Å². The van der Waals surface area contributed by atoms with Crippen molar-refractivity contribution in [2.75, 3.05) is 42.8 Å². The molecule has 10 heteroatoms. The monoisotopic (exact) mass is 499 g/mol. The van der Waals surface area contributed by atoms with Gasteiger partial charge in [-0.25, -0.2) is 0 Å². The minimum atomic E-state index is -3.09. The average molecular weight is 500 g/mol. The van der Waals surface area contributed by atoms with Gasteiger partial charge in [-0.05, 0) is 49.1 Å². The first-order valence-corrected chi connectivity index (χ1v) is 12.6. The standard InChI is InChI=1S/C25H27F2N5O2S/c1-4-25(26,27)22-13-17(7-8-28-22)23(33)29-18-6-5-16(2)19(14-18)20-15-21(24(35-3)31-30-20)32-9-11-34-12-10-32/h5-8,13-15H,4,9-12H2,1-3H3,(H,29,33). The highest BCUT2D eigenvalue weighted by molar-refractivity contribution is 7.98. The molecule has 7 nitrogen and oxygen atoms in total. The quantitative estimate of drug-likeness (QED) is 0.450. The summed E-state index contributed by atoms with van der Waals surface area (Å²) in [7, 11) is 0. The second-order valence-corrected chi connectivity index (χ2v) is 8.99. The molecule has 4 rings (SSSR count). The lowest BCUT2D eigenvalue weighted by Gasteiger charge is -2.29. The molecule has 0 spiro atoms. The van der Waals surface area contributed by atoms with Crippen LogP contribution >= 0.6 is 11.8 Å². The molecular weight excluding hydrogens is 472 g/mol. The van der Waals surface area contributed by atoms with Gasteiger partial charge >= 0.3 is 0 Å². The Morgan fingerprint density at radius 2 is 1.94 bits per heavy atom. The number of aryl methyl sites for hydroxylation is 1. The lowest BCUT2D eigenvalue weighted by Crippen LogP contribution is -2.36. The number of amides is 1. The average Bonchev–Trinajstić information content (AvgIpc) is 2.90. The molecule has 1 aliphatic heterocycles. The highest BCUT2D eigenvalue weighted by atomic mass is 32.2. The van der Waals surface area contributed by atoms with Gasteiger partial charge in [0, 0.05) is 42.5 Å². The van der Waals surface area contributed by atoms with Crippen LogP contribution in [0.25, 0.3) is 11.3 Å². The number of pyridine rings is 1. The van der Waals surface area contributed by atoms with Crippen molar-refractivity contribution in [1.29, 1.82) is 0 Å². The van der Waals surface area contributed by atoms with Gasteiger partial charge in [0.2, 0.25) is 0 Å². The van der Waals surface area contributed by atoms with Crippen LogP contribution < -0.4 is 10.2 Å². The molecule has 1 aliphatic rings. The van der Waals surface area contributed by atoms with Crippen molar-refractivity contribution < 1.29 is 18.3 Å². The molecule has 0 radical (unpaired) electrons. The van der Waals surface area contributed by atoms with E-state index in [2.05, 4.69) is 25.4 Å². The number of rotatable bonds is 7. The van der Waals surface area contributed by atoms with Gasteiger partial charge in [-0.2, -0.15) is 8.78 Å². The van der Waals surface area contributed by atoms with Crippen molar-refractivity contribution in [3.63, 3.8) is 0 Å². The molecule has 0 atom stereocenters. The molecular formula is C25H27F2N5O2S. The molecule has 3 heterocycles. The second-order valence-electron chi connectivity index (χ2n) is 8.20. The first kappa shape index (κ1) is 25.0. The Bertz CT molecular complexity index is 1220. The van der Waals surface area contributed by atoms with Crippen LogP contribution in [0.15, 0.2) is 47.6 Å². The van der Waals surface area contributed by atoms with Crippen LogP contribution in [-0.4, -0.2) is 53.6 Å². The number of halogens is 2. The molecule has 1 saturated heterocycles. The van der Waals surface area contributed by atoms with Crippen LogP contribution in [0, 0.1) is 6.92 Å². The Hall–Kier alpha value is -3.11. The Morgan fingerprint density at radius 1 is 1.17 bits per heavy atom. The summed E-state index contributed by atoms with van der Waals surface area (Å²) in [4.78, 5) is 18.8. The Labute approximate surface area is 207 Å². The number of morpholine rings is 1. The number of anilines is 2. The fourth-order valence-corrected chi connectivity index (χ4v) is 4.33. The Morgan fingerprint density at radius 3 is 2.66 bits per heavy atom. The van der Waals surface area contributed by atoms with E-state index < -0.39 is 23.9 Å². The van der Waals surface area contributed by atoms with Crippen LogP contribution in [0.5, 0.6) is 0 Å². The van der Waals surface area contributed by atoms with E-state index in [0.717, 1.165) is 41.0 Å². The summed E-state index contributed by atoms with van der Waals surface area (Å²) in [6.45, 7) is 6.21. The number of carbonyl (C=O) groups is 1.